The predicted molar refractivity (Wildman–Crippen MR) is 112 cm³/mol. The standard InChI is InChI=1S/C19H26N10/c20-16-14-18(24-10-22-16)28(12-26-14)8-6-4-2-1-3-5-7-9-29-13-27-15-17(21)23-11-25-19(15)29/h10-13H,1-9H2,(H2,20,22,24)(H2,21,23,25). The van der Waals surface area contributed by atoms with Crippen LogP contribution >= 0.6 is 0 Å². The molecule has 0 radical (unpaired) electrons. The molecule has 152 valence electrons. The van der Waals surface area contributed by atoms with E-state index in [1.54, 1.807) is 12.7 Å². The second-order valence-electron chi connectivity index (χ2n) is 7.21. The first-order chi connectivity index (χ1) is 14.2. The van der Waals surface area contributed by atoms with Gasteiger partial charge in [-0.3, -0.25) is 0 Å². The van der Waals surface area contributed by atoms with Crippen LogP contribution in [0.25, 0.3) is 22.3 Å². The Balaban J connectivity index is 1.11. The fourth-order valence-corrected chi connectivity index (χ4v) is 3.57. The van der Waals surface area contributed by atoms with E-state index in [2.05, 4.69) is 39.0 Å². The fraction of sp³-hybridized carbons (Fsp3) is 0.474. The first-order valence-electron chi connectivity index (χ1n) is 10.1. The van der Waals surface area contributed by atoms with E-state index in [9.17, 15) is 0 Å². The van der Waals surface area contributed by atoms with Gasteiger partial charge in [0.15, 0.2) is 22.9 Å². The Morgan fingerprint density at radius 3 is 1.41 bits per heavy atom. The average Bonchev–Trinajstić information content (AvgIpc) is 3.33. The van der Waals surface area contributed by atoms with Crippen molar-refractivity contribution in [1.29, 1.82) is 0 Å². The van der Waals surface area contributed by atoms with Crippen LogP contribution in [0.4, 0.5) is 11.6 Å². The summed E-state index contributed by atoms with van der Waals surface area (Å²) in [4.78, 5) is 25.1. The lowest BCUT2D eigenvalue weighted by atomic mass is 10.1. The van der Waals surface area contributed by atoms with Crippen LogP contribution in [0.1, 0.15) is 44.9 Å². The molecule has 10 nitrogen and oxygen atoms in total. The van der Waals surface area contributed by atoms with Gasteiger partial charge in [-0.1, -0.05) is 32.1 Å². The van der Waals surface area contributed by atoms with Crippen LogP contribution < -0.4 is 11.5 Å². The van der Waals surface area contributed by atoms with Gasteiger partial charge < -0.3 is 20.6 Å². The normalized spacial score (nSPS) is 11.6. The number of anilines is 2. The van der Waals surface area contributed by atoms with Crippen molar-refractivity contribution in [3.63, 3.8) is 0 Å². The predicted octanol–water partition coefficient (Wildman–Crippen LogP) is 2.56. The lowest BCUT2D eigenvalue weighted by molar-refractivity contribution is 0.532. The van der Waals surface area contributed by atoms with Gasteiger partial charge in [0, 0.05) is 13.1 Å². The summed E-state index contributed by atoms with van der Waals surface area (Å²) in [6.07, 6.45) is 14.9. The molecule has 4 heterocycles. The summed E-state index contributed by atoms with van der Waals surface area (Å²) < 4.78 is 4.11. The van der Waals surface area contributed by atoms with E-state index < -0.39 is 0 Å². The van der Waals surface area contributed by atoms with Crippen LogP contribution in [-0.2, 0) is 13.1 Å². The van der Waals surface area contributed by atoms with Crippen molar-refractivity contribution >= 4 is 34.0 Å². The second-order valence-corrected chi connectivity index (χ2v) is 7.21. The van der Waals surface area contributed by atoms with Gasteiger partial charge >= 0.3 is 0 Å². The van der Waals surface area contributed by atoms with E-state index in [1.807, 2.05) is 0 Å². The van der Waals surface area contributed by atoms with E-state index in [0.717, 1.165) is 37.2 Å². The van der Waals surface area contributed by atoms with Gasteiger partial charge in [-0.05, 0) is 12.8 Å². The van der Waals surface area contributed by atoms with Crippen molar-refractivity contribution in [1.82, 2.24) is 39.0 Å². The summed E-state index contributed by atoms with van der Waals surface area (Å²) in [5, 5.41) is 0. The third-order valence-electron chi connectivity index (χ3n) is 5.16. The summed E-state index contributed by atoms with van der Waals surface area (Å²) >= 11 is 0. The van der Waals surface area contributed by atoms with Crippen LogP contribution in [-0.4, -0.2) is 39.0 Å². The van der Waals surface area contributed by atoms with Crippen molar-refractivity contribution < 1.29 is 0 Å². The molecule has 0 aromatic carbocycles. The monoisotopic (exact) mass is 394 g/mol. The zero-order valence-electron chi connectivity index (χ0n) is 16.4. The Morgan fingerprint density at radius 2 is 0.966 bits per heavy atom. The highest BCUT2D eigenvalue weighted by Crippen LogP contribution is 2.17. The van der Waals surface area contributed by atoms with Crippen molar-refractivity contribution in [2.24, 2.45) is 0 Å². The maximum absolute atomic E-state index is 5.82. The minimum Gasteiger partial charge on any atom is -0.382 e. The Hall–Kier alpha value is -3.30. The second kappa shape index (κ2) is 8.80. The molecule has 4 N–H and O–H groups in total. The Kier molecular flexibility index (Phi) is 5.78. The summed E-state index contributed by atoms with van der Waals surface area (Å²) in [6, 6.07) is 0. The highest BCUT2D eigenvalue weighted by Gasteiger charge is 2.08. The fourth-order valence-electron chi connectivity index (χ4n) is 3.57. The number of imidazole rings is 2. The van der Waals surface area contributed by atoms with Gasteiger partial charge in [-0.25, -0.2) is 29.9 Å². The van der Waals surface area contributed by atoms with E-state index in [4.69, 9.17) is 11.5 Å². The molecule has 0 aliphatic carbocycles. The molecule has 0 bridgehead atoms. The molecule has 10 heteroatoms. The van der Waals surface area contributed by atoms with E-state index >= 15 is 0 Å². The minimum absolute atomic E-state index is 0.438. The number of rotatable bonds is 10. The third kappa shape index (κ3) is 4.25. The van der Waals surface area contributed by atoms with Gasteiger partial charge in [0.1, 0.15) is 23.7 Å². The number of hydrogen-bond acceptors (Lipinski definition) is 8. The van der Waals surface area contributed by atoms with Crippen LogP contribution in [0.2, 0.25) is 0 Å². The van der Waals surface area contributed by atoms with Crippen molar-refractivity contribution in [3.05, 3.63) is 25.3 Å². The quantitative estimate of drug-likeness (QED) is 0.391. The first kappa shape index (κ1) is 19.0. The highest BCUT2D eigenvalue weighted by atomic mass is 15.1. The van der Waals surface area contributed by atoms with Crippen molar-refractivity contribution in [3.8, 4) is 0 Å². The van der Waals surface area contributed by atoms with Crippen LogP contribution in [0, 0.1) is 0 Å². The molecule has 0 unspecified atom stereocenters. The van der Waals surface area contributed by atoms with Crippen LogP contribution in [0.3, 0.4) is 0 Å². The number of nitrogen functional groups attached to an aromatic ring is 2. The Labute approximate surface area is 168 Å². The molecule has 0 aliphatic rings. The summed E-state index contributed by atoms with van der Waals surface area (Å²) in [7, 11) is 0. The SMILES string of the molecule is Nc1ncnc2c1ncn2CCCCCCCCCn1cnc2c(N)ncnc21. The van der Waals surface area contributed by atoms with Crippen LogP contribution in [0.5, 0.6) is 0 Å². The summed E-state index contributed by atoms with van der Waals surface area (Å²) in [5.41, 5.74) is 14.7. The lowest BCUT2D eigenvalue weighted by Gasteiger charge is -2.05. The summed E-state index contributed by atoms with van der Waals surface area (Å²) in [5.74, 6) is 0.877. The van der Waals surface area contributed by atoms with Gasteiger partial charge in [0.05, 0.1) is 12.7 Å². The zero-order chi connectivity index (χ0) is 20.1. The molecule has 0 spiro atoms. The molecular weight excluding hydrogens is 368 g/mol. The molecule has 0 saturated heterocycles. The molecule has 4 aromatic heterocycles. The molecule has 0 amide bonds. The minimum atomic E-state index is 0.438. The van der Waals surface area contributed by atoms with E-state index in [-0.39, 0.29) is 0 Å². The highest BCUT2D eigenvalue weighted by molar-refractivity contribution is 5.81. The molecule has 4 rings (SSSR count). The molecule has 4 aromatic rings. The first-order valence-corrected chi connectivity index (χ1v) is 10.1. The van der Waals surface area contributed by atoms with Gasteiger partial charge in [-0.15, -0.1) is 0 Å². The lowest BCUT2D eigenvalue weighted by Crippen LogP contribution is -2.00. The molecular formula is C19H26N10. The number of nitrogens with zero attached hydrogens (tertiary/aromatic N) is 8. The largest absolute Gasteiger partial charge is 0.382 e. The molecule has 0 fully saturated rings. The zero-order valence-corrected chi connectivity index (χ0v) is 16.4. The maximum atomic E-state index is 5.82. The molecule has 0 atom stereocenters. The summed E-state index contributed by atoms with van der Waals surface area (Å²) in [6.45, 7) is 1.82. The van der Waals surface area contributed by atoms with E-state index in [1.165, 1.54) is 44.8 Å². The Bertz CT molecular complexity index is 997. The number of aromatic nitrogens is 8. The van der Waals surface area contributed by atoms with Gasteiger partial charge in [0.2, 0.25) is 0 Å². The van der Waals surface area contributed by atoms with E-state index in [0.29, 0.717) is 22.7 Å². The average molecular weight is 394 g/mol. The number of fused-ring (bicyclic) bond motifs is 2. The smallest absolute Gasteiger partial charge is 0.165 e. The number of unbranched alkanes of at least 4 members (excludes halogenated alkanes) is 6. The number of aryl methyl sites for hydroxylation is 2. The number of hydrogen-bond donors (Lipinski definition) is 2. The van der Waals surface area contributed by atoms with Gasteiger partial charge in [-0.2, -0.15) is 0 Å². The maximum Gasteiger partial charge on any atom is 0.165 e. The topological polar surface area (TPSA) is 139 Å². The van der Waals surface area contributed by atoms with Crippen molar-refractivity contribution in [2.75, 3.05) is 11.5 Å². The van der Waals surface area contributed by atoms with Gasteiger partial charge in [0.25, 0.3) is 0 Å². The van der Waals surface area contributed by atoms with Crippen molar-refractivity contribution in [2.45, 2.75) is 58.0 Å². The molecule has 0 saturated carbocycles. The number of nitrogens with two attached hydrogens (primary N) is 2. The van der Waals surface area contributed by atoms with Crippen LogP contribution in [0.15, 0.2) is 25.3 Å². The molecule has 0 aliphatic heterocycles. The Morgan fingerprint density at radius 1 is 0.552 bits per heavy atom. The third-order valence-corrected chi connectivity index (χ3v) is 5.16. The molecule has 29 heavy (non-hydrogen) atoms.